The number of carboxylic acid groups (broad SMARTS) is 1. The Morgan fingerprint density at radius 2 is 1.93 bits per heavy atom. The molecule has 0 bridgehead atoms. The third kappa shape index (κ3) is 2.13. The predicted octanol–water partition coefficient (Wildman–Crippen LogP) is 1.25. The van der Waals surface area contributed by atoms with Crippen molar-refractivity contribution in [3.63, 3.8) is 0 Å². The van der Waals surface area contributed by atoms with Crippen LogP contribution in [0.1, 0.15) is 38.5 Å². The molecule has 1 N–H and O–H groups in total. The van der Waals surface area contributed by atoms with Crippen LogP contribution in [0.15, 0.2) is 0 Å². The summed E-state index contributed by atoms with van der Waals surface area (Å²) in [6.45, 7) is 0.765. The van der Waals surface area contributed by atoms with Crippen molar-refractivity contribution in [1.29, 1.82) is 0 Å². The molecule has 0 aromatic carbocycles. The average molecular weight is 211 g/mol. The number of nitrogens with zero attached hydrogens (tertiary/aromatic N) is 1. The lowest BCUT2D eigenvalue weighted by molar-refractivity contribution is -0.144. The summed E-state index contributed by atoms with van der Waals surface area (Å²) in [5, 5.41) is 8.59. The number of rotatable bonds is 2. The third-order valence-electron chi connectivity index (χ3n) is 3.63. The first-order chi connectivity index (χ1) is 7.18. The lowest BCUT2D eigenvalue weighted by Gasteiger charge is -2.31. The molecule has 15 heavy (non-hydrogen) atoms. The largest absolute Gasteiger partial charge is 0.481 e. The first-order valence-electron chi connectivity index (χ1n) is 5.70. The van der Waals surface area contributed by atoms with E-state index in [0.29, 0.717) is 12.0 Å². The van der Waals surface area contributed by atoms with E-state index in [4.69, 9.17) is 5.11 Å². The number of carbonyl (C=O) groups excluding carboxylic acids is 1. The van der Waals surface area contributed by atoms with Crippen molar-refractivity contribution in [2.24, 2.45) is 5.92 Å². The summed E-state index contributed by atoms with van der Waals surface area (Å²) in [5.41, 5.74) is 0. The molecule has 1 aliphatic carbocycles. The van der Waals surface area contributed by atoms with Crippen LogP contribution in [0.25, 0.3) is 0 Å². The number of amides is 1. The van der Waals surface area contributed by atoms with E-state index in [1.165, 1.54) is 19.3 Å². The number of carbonyl (C=O) groups is 2. The quantitative estimate of drug-likeness (QED) is 0.699. The van der Waals surface area contributed by atoms with Gasteiger partial charge in [0.15, 0.2) is 0 Å². The first-order valence-corrected chi connectivity index (χ1v) is 5.70. The molecule has 1 aliphatic heterocycles. The minimum atomic E-state index is -1.01. The molecule has 1 amide bonds. The monoisotopic (exact) mass is 211 g/mol. The highest BCUT2D eigenvalue weighted by atomic mass is 16.4. The number of carboxylic acids is 1. The summed E-state index contributed by atoms with van der Waals surface area (Å²) in [6.07, 6.45) is 5.44. The second-order valence-electron chi connectivity index (χ2n) is 4.56. The second kappa shape index (κ2) is 4.21. The Morgan fingerprint density at radius 1 is 1.20 bits per heavy atom. The second-order valence-corrected chi connectivity index (χ2v) is 4.56. The fourth-order valence-electron chi connectivity index (χ4n) is 2.95. The maximum atomic E-state index is 11.7. The van der Waals surface area contributed by atoms with Crippen LogP contribution in [-0.2, 0) is 9.59 Å². The molecule has 2 aliphatic rings. The SMILES string of the molecule is O=C(O)CC(=O)N1CCC2CCCCC21. The van der Waals surface area contributed by atoms with Gasteiger partial charge < -0.3 is 10.0 Å². The summed E-state index contributed by atoms with van der Waals surface area (Å²) in [5.74, 6) is -0.576. The van der Waals surface area contributed by atoms with Gasteiger partial charge in [-0.25, -0.2) is 0 Å². The molecule has 2 fully saturated rings. The maximum Gasteiger partial charge on any atom is 0.312 e. The van der Waals surface area contributed by atoms with E-state index in [2.05, 4.69) is 0 Å². The van der Waals surface area contributed by atoms with Crippen molar-refractivity contribution in [3.8, 4) is 0 Å². The minimum Gasteiger partial charge on any atom is -0.481 e. The van der Waals surface area contributed by atoms with Crippen molar-refractivity contribution in [3.05, 3.63) is 0 Å². The molecule has 0 radical (unpaired) electrons. The van der Waals surface area contributed by atoms with Crippen LogP contribution in [-0.4, -0.2) is 34.5 Å². The van der Waals surface area contributed by atoms with Crippen LogP contribution in [0.2, 0.25) is 0 Å². The Hall–Kier alpha value is -1.06. The predicted molar refractivity (Wildman–Crippen MR) is 54.3 cm³/mol. The summed E-state index contributed by atoms with van der Waals surface area (Å²) in [4.78, 5) is 23.9. The Labute approximate surface area is 89.3 Å². The molecule has 0 aromatic rings. The molecule has 1 heterocycles. The molecule has 2 atom stereocenters. The van der Waals surface area contributed by atoms with E-state index >= 15 is 0 Å². The van der Waals surface area contributed by atoms with E-state index in [1.807, 2.05) is 0 Å². The molecule has 84 valence electrons. The molecular weight excluding hydrogens is 194 g/mol. The Kier molecular flexibility index (Phi) is 2.93. The van der Waals surface area contributed by atoms with Gasteiger partial charge in [-0.3, -0.25) is 9.59 Å². The molecule has 0 spiro atoms. The van der Waals surface area contributed by atoms with Gasteiger partial charge in [-0.05, 0) is 25.2 Å². The summed E-state index contributed by atoms with van der Waals surface area (Å²) in [7, 11) is 0. The maximum absolute atomic E-state index is 11.7. The van der Waals surface area contributed by atoms with Crippen LogP contribution in [0.3, 0.4) is 0 Å². The number of likely N-dealkylation sites (tertiary alicyclic amines) is 1. The van der Waals surface area contributed by atoms with E-state index in [0.717, 1.165) is 19.4 Å². The summed E-state index contributed by atoms with van der Waals surface area (Å²) < 4.78 is 0. The molecule has 4 heteroatoms. The molecule has 1 saturated heterocycles. The van der Waals surface area contributed by atoms with Gasteiger partial charge in [0.25, 0.3) is 0 Å². The first kappa shape index (κ1) is 10.5. The molecule has 0 aromatic heterocycles. The van der Waals surface area contributed by atoms with Crippen LogP contribution < -0.4 is 0 Å². The summed E-state index contributed by atoms with van der Waals surface area (Å²) in [6, 6.07) is 0.339. The molecule has 2 rings (SSSR count). The van der Waals surface area contributed by atoms with Crippen LogP contribution in [0.5, 0.6) is 0 Å². The van der Waals surface area contributed by atoms with Crippen LogP contribution in [0, 0.1) is 5.92 Å². The lowest BCUT2D eigenvalue weighted by Crippen LogP contribution is -2.39. The fourth-order valence-corrected chi connectivity index (χ4v) is 2.95. The van der Waals surface area contributed by atoms with Gasteiger partial charge >= 0.3 is 5.97 Å². The normalized spacial score (nSPS) is 30.0. The lowest BCUT2D eigenvalue weighted by atomic mass is 9.85. The topological polar surface area (TPSA) is 57.6 Å². The van der Waals surface area contributed by atoms with E-state index in [9.17, 15) is 9.59 Å². The van der Waals surface area contributed by atoms with Crippen molar-refractivity contribution in [1.82, 2.24) is 4.90 Å². The Balaban J connectivity index is 1.98. The molecule has 4 nitrogen and oxygen atoms in total. The van der Waals surface area contributed by atoms with Gasteiger partial charge in [-0.1, -0.05) is 12.8 Å². The van der Waals surface area contributed by atoms with Crippen molar-refractivity contribution in [2.45, 2.75) is 44.6 Å². The van der Waals surface area contributed by atoms with Gasteiger partial charge in [-0.15, -0.1) is 0 Å². The minimum absolute atomic E-state index is 0.197. The van der Waals surface area contributed by atoms with Crippen LogP contribution in [0.4, 0.5) is 0 Å². The Bertz CT molecular complexity index is 277. The number of aliphatic carboxylic acids is 1. The molecule has 1 saturated carbocycles. The van der Waals surface area contributed by atoms with E-state index < -0.39 is 5.97 Å². The smallest absolute Gasteiger partial charge is 0.312 e. The standard InChI is InChI=1S/C11H17NO3/c13-10(7-11(14)15)12-6-5-8-3-1-2-4-9(8)12/h8-9H,1-7H2,(H,14,15). The van der Waals surface area contributed by atoms with Gasteiger partial charge in [0.2, 0.25) is 5.91 Å². The zero-order chi connectivity index (χ0) is 10.8. The zero-order valence-electron chi connectivity index (χ0n) is 8.82. The zero-order valence-corrected chi connectivity index (χ0v) is 8.82. The molecule has 2 unspecified atom stereocenters. The molecular formula is C11H17NO3. The van der Waals surface area contributed by atoms with Crippen molar-refractivity contribution in [2.75, 3.05) is 6.54 Å². The van der Waals surface area contributed by atoms with Gasteiger partial charge in [-0.2, -0.15) is 0 Å². The van der Waals surface area contributed by atoms with Gasteiger partial charge in [0.05, 0.1) is 0 Å². The van der Waals surface area contributed by atoms with Crippen molar-refractivity contribution >= 4 is 11.9 Å². The number of fused-ring (bicyclic) bond motifs is 1. The number of hydrogen-bond donors (Lipinski definition) is 1. The van der Waals surface area contributed by atoms with Gasteiger partial charge in [0.1, 0.15) is 6.42 Å². The number of hydrogen-bond acceptors (Lipinski definition) is 2. The van der Waals surface area contributed by atoms with E-state index in [1.54, 1.807) is 4.90 Å². The van der Waals surface area contributed by atoms with E-state index in [-0.39, 0.29) is 12.3 Å². The fraction of sp³-hybridized carbons (Fsp3) is 0.818. The highest BCUT2D eigenvalue weighted by Gasteiger charge is 2.38. The van der Waals surface area contributed by atoms with Crippen LogP contribution >= 0.6 is 0 Å². The van der Waals surface area contributed by atoms with Crippen molar-refractivity contribution < 1.29 is 14.7 Å². The Morgan fingerprint density at radius 3 is 2.67 bits per heavy atom. The average Bonchev–Trinajstić information content (AvgIpc) is 2.59. The van der Waals surface area contributed by atoms with Gasteiger partial charge in [0, 0.05) is 12.6 Å². The highest BCUT2D eigenvalue weighted by molar-refractivity contribution is 5.93. The highest BCUT2D eigenvalue weighted by Crippen LogP contribution is 2.36. The third-order valence-corrected chi connectivity index (χ3v) is 3.63. The summed E-state index contributed by atoms with van der Waals surface area (Å²) >= 11 is 0.